The fraction of sp³-hybridized carbons (Fsp3) is 0.0588. The minimum atomic E-state index is -1.03. The number of aromatic nitrogens is 5. The molecule has 0 unspecified atom stereocenters. The van der Waals surface area contributed by atoms with Crippen molar-refractivity contribution in [2.45, 2.75) is 6.54 Å². The van der Waals surface area contributed by atoms with Crippen molar-refractivity contribution < 1.29 is 17.7 Å². The van der Waals surface area contributed by atoms with Gasteiger partial charge >= 0.3 is 0 Å². The quantitative estimate of drug-likeness (QED) is 0.594. The number of halogens is 3. The second-order valence-corrected chi connectivity index (χ2v) is 5.60. The average molecular weight is 373 g/mol. The highest BCUT2D eigenvalue weighted by molar-refractivity contribution is 5.62. The van der Waals surface area contributed by atoms with Crippen LogP contribution in [0.4, 0.5) is 13.2 Å². The van der Waals surface area contributed by atoms with Gasteiger partial charge in [-0.2, -0.15) is 9.49 Å². The van der Waals surface area contributed by atoms with Crippen molar-refractivity contribution >= 4 is 0 Å². The summed E-state index contributed by atoms with van der Waals surface area (Å²) in [7, 11) is 0. The van der Waals surface area contributed by atoms with Gasteiger partial charge in [0, 0.05) is 11.6 Å². The van der Waals surface area contributed by atoms with Crippen molar-refractivity contribution in [1.29, 1.82) is 0 Å². The first-order valence-corrected chi connectivity index (χ1v) is 7.69. The summed E-state index contributed by atoms with van der Waals surface area (Å²) in [6.07, 6.45) is 2.11. The van der Waals surface area contributed by atoms with E-state index in [4.69, 9.17) is 4.52 Å². The first kappa shape index (κ1) is 16.8. The second-order valence-electron chi connectivity index (χ2n) is 5.60. The zero-order valence-electron chi connectivity index (χ0n) is 13.5. The van der Waals surface area contributed by atoms with Crippen LogP contribution >= 0.6 is 0 Å². The fourth-order valence-electron chi connectivity index (χ4n) is 2.54. The van der Waals surface area contributed by atoms with Gasteiger partial charge in [-0.05, 0) is 24.3 Å². The third-order valence-corrected chi connectivity index (χ3v) is 3.81. The maximum Gasteiger partial charge on any atom is 0.287 e. The summed E-state index contributed by atoms with van der Waals surface area (Å²) in [5.74, 6) is -2.21. The summed E-state index contributed by atoms with van der Waals surface area (Å²) >= 11 is 0. The van der Waals surface area contributed by atoms with Gasteiger partial charge in [0.05, 0.1) is 18.4 Å². The number of H-pyrrole nitrogens is 1. The summed E-state index contributed by atoms with van der Waals surface area (Å²) in [6.45, 7) is -0.114. The van der Waals surface area contributed by atoms with Crippen LogP contribution in [0.3, 0.4) is 0 Å². The van der Waals surface area contributed by atoms with Crippen LogP contribution in [0.15, 0.2) is 52.1 Å². The minimum Gasteiger partial charge on any atom is -0.364 e. The standard InChI is InChI=1S/C17H10F3N5O2/c18-10-1-2-11(19)9(5-10)8-25-15(13-3-4-27-24-13)6-14(23-25)16-21-7-12(20)17(26)22-16/h1-7H,8H2,(H,21,22,26). The molecule has 4 aromatic rings. The van der Waals surface area contributed by atoms with E-state index in [-0.39, 0.29) is 23.6 Å². The molecule has 1 aromatic carbocycles. The molecule has 27 heavy (non-hydrogen) atoms. The molecule has 1 N–H and O–H groups in total. The molecule has 0 bridgehead atoms. The van der Waals surface area contributed by atoms with E-state index in [0.29, 0.717) is 11.4 Å². The lowest BCUT2D eigenvalue weighted by molar-refractivity contribution is 0.421. The Bertz CT molecular complexity index is 1170. The van der Waals surface area contributed by atoms with Gasteiger partial charge in [-0.25, -0.2) is 13.8 Å². The van der Waals surface area contributed by atoms with E-state index in [9.17, 15) is 18.0 Å². The predicted molar refractivity (Wildman–Crippen MR) is 87.0 cm³/mol. The number of aromatic amines is 1. The van der Waals surface area contributed by atoms with Crippen LogP contribution in [0.25, 0.3) is 22.9 Å². The summed E-state index contributed by atoms with van der Waals surface area (Å²) in [4.78, 5) is 17.5. The topological polar surface area (TPSA) is 89.6 Å². The second kappa shape index (κ2) is 6.56. The predicted octanol–water partition coefficient (Wildman–Crippen LogP) is 2.75. The van der Waals surface area contributed by atoms with Gasteiger partial charge in [-0.15, -0.1) is 0 Å². The van der Waals surface area contributed by atoms with Crippen LogP contribution in [-0.2, 0) is 6.54 Å². The molecule has 0 aliphatic heterocycles. The van der Waals surface area contributed by atoms with E-state index < -0.39 is 23.0 Å². The highest BCUT2D eigenvalue weighted by atomic mass is 19.1. The lowest BCUT2D eigenvalue weighted by atomic mass is 10.2. The summed E-state index contributed by atoms with van der Waals surface area (Å²) in [5.41, 5.74) is 0.106. The van der Waals surface area contributed by atoms with Gasteiger partial charge in [0.1, 0.15) is 29.3 Å². The molecular weight excluding hydrogens is 363 g/mol. The van der Waals surface area contributed by atoms with Crippen LogP contribution in [0.1, 0.15) is 5.56 Å². The Morgan fingerprint density at radius 2 is 1.93 bits per heavy atom. The van der Waals surface area contributed by atoms with E-state index in [0.717, 1.165) is 24.4 Å². The molecule has 0 amide bonds. The van der Waals surface area contributed by atoms with Gasteiger partial charge in [0.15, 0.2) is 5.82 Å². The Morgan fingerprint density at radius 1 is 1.07 bits per heavy atom. The zero-order chi connectivity index (χ0) is 19.0. The molecule has 136 valence electrons. The van der Waals surface area contributed by atoms with Crippen molar-refractivity contribution in [3.05, 3.63) is 76.2 Å². The molecule has 0 spiro atoms. The molecule has 3 heterocycles. The third-order valence-electron chi connectivity index (χ3n) is 3.81. The Hall–Kier alpha value is -3.69. The Kier molecular flexibility index (Phi) is 4.07. The van der Waals surface area contributed by atoms with E-state index in [1.165, 1.54) is 17.0 Å². The fourth-order valence-corrected chi connectivity index (χ4v) is 2.54. The lowest BCUT2D eigenvalue weighted by Crippen LogP contribution is -2.12. The maximum atomic E-state index is 14.0. The molecule has 3 aromatic heterocycles. The molecule has 0 aliphatic rings. The van der Waals surface area contributed by atoms with Crippen molar-refractivity contribution in [3.8, 4) is 22.9 Å². The Balaban J connectivity index is 1.82. The molecule has 4 rings (SSSR count). The summed E-state index contributed by atoms with van der Waals surface area (Å²) in [5, 5.41) is 8.08. The minimum absolute atomic E-state index is 0.0182. The third kappa shape index (κ3) is 3.24. The number of nitrogens with one attached hydrogen (secondary N) is 1. The number of rotatable bonds is 4. The number of hydrogen-bond donors (Lipinski definition) is 1. The number of hydrogen-bond acceptors (Lipinski definition) is 5. The normalized spacial score (nSPS) is 11.1. The summed E-state index contributed by atoms with van der Waals surface area (Å²) < 4.78 is 46.8. The maximum absolute atomic E-state index is 14.0. The van der Waals surface area contributed by atoms with Crippen LogP contribution in [0.2, 0.25) is 0 Å². The van der Waals surface area contributed by atoms with Gasteiger partial charge in [0.2, 0.25) is 5.82 Å². The average Bonchev–Trinajstić information content (AvgIpc) is 3.30. The van der Waals surface area contributed by atoms with Crippen molar-refractivity contribution in [2.24, 2.45) is 0 Å². The largest absolute Gasteiger partial charge is 0.364 e. The molecule has 10 heteroatoms. The van der Waals surface area contributed by atoms with Crippen LogP contribution in [0, 0.1) is 17.5 Å². The van der Waals surface area contributed by atoms with E-state index in [1.54, 1.807) is 6.07 Å². The molecule has 0 saturated carbocycles. The van der Waals surface area contributed by atoms with Crippen molar-refractivity contribution in [2.75, 3.05) is 0 Å². The van der Waals surface area contributed by atoms with Crippen LogP contribution in [-0.4, -0.2) is 24.9 Å². The molecular formula is C17H10F3N5O2. The first-order valence-electron chi connectivity index (χ1n) is 7.69. The molecule has 0 radical (unpaired) electrons. The molecule has 0 fully saturated rings. The van der Waals surface area contributed by atoms with Gasteiger partial charge in [0.25, 0.3) is 5.56 Å². The Labute approximate surface area is 149 Å². The van der Waals surface area contributed by atoms with Crippen LogP contribution in [0.5, 0.6) is 0 Å². The zero-order valence-corrected chi connectivity index (χ0v) is 13.5. The number of nitrogens with zero attached hydrogens (tertiary/aromatic N) is 4. The van der Waals surface area contributed by atoms with Gasteiger partial charge in [-0.3, -0.25) is 9.48 Å². The molecule has 0 saturated heterocycles. The molecule has 0 atom stereocenters. The van der Waals surface area contributed by atoms with Gasteiger partial charge in [-0.1, -0.05) is 5.16 Å². The van der Waals surface area contributed by atoms with Crippen molar-refractivity contribution in [1.82, 2.24) is 24.9 Å². The molecule has 0 aliphatic carbocycles. The number of benzene rings is 1. The SMILES string of the molecule is O=c1[nH]c(-c2cc(-c3ccon3)n(Cc3cc(F)ccc3F)n2)ncc1F. The van der Waals surface area contributed by atoms with E-state index in [2.05, 4.69) is 20.2 Å². The Morgan fingerprint density at radius 3 is 2.67 bits per heavy atom. The highest BCUT2D eigenvalue weighted by Gasteiger charge is 2.17. The van der Waals surface area contributed by atoms with Crippen LogP contribution < -0.4 is 5.56 Å². The highest BCUT2D eigenvalue weighted by Crippen LogP contribution is 2.24. The molecule has 7 nitrogen and oxygen atoms in total. The smallest absolute Gasteiger partial charge is 0.287 e. The lowest BCUT2D eigenvalue weighted by Gasteiger charge is -2.07. The van der Waals surface area contributed by atoms with E-state index in [1.807, 2.05) is 0 Å². The van der Waals surface area contributed by atoms with Crippen molar-refractivity contribution in [3.63, 3.8) is 0 Å². The van der Waals surface area contributed by atoms with E-state index >= 15 is 0 Å². The van der Waals surface area contributed by atoms with Gasteiger partial charge < -0.3 is 9.51 Å². The monoisotopic (exact) mass is 373 g/mol. The first-order chi connectivity index (χ1) is 13.0. The summed E-state index contributed by atoms with van der Waals surface area (Å²) in [6, 6.07) is 6.16.